The fraction of sp³-hybridized carbons (Fsp3) is 0.571. The van der Waals surface area contributed by atoms with Crippen molar-refractivity contribution < 1.29 is 17.9 Å². The van der Waals surface area contributed by atoms with Gasteiger partial charge in [-0.05, 0) is 31.4 Å². The first-order valence-corrected chi connectivity index (χ1v) is 8.55. The number of rotatable bonds is 3. The number of hydrogen-bond acceptors (Lipinski definition) is 5. The molecule has 1 saturated heterocycles. The number of methoxy groups -OCH3 is 1. The standard InChI is InChI=1S/C14H20N2O4S/c1-19-10-5-6-14(11(15)9-10)21(17,18)16-7-8-20-13-4-2-3-12(13)16/h5-6,9,12-13H,2-4,7-8,15H2,1H3. The van der Waals surface area contributed by atoms with Crippen molar-refractivity contribution in [3.63, 3.8) is 0 Å². The summed E-state index contributed by atoms with van der Waals surface area (Å²) in [7, 11) is -2.08. The number of nitrogens with two attached hydrogens (primary N) is 1. The maximum Gasteiger partial charge on any atom is 0.245 e. The van der Waals surface area contributed by atoms with Crippen LogP contribution < -0.4 is 10.5 Å². The monoisotopic (exact) mass is 312 g/mol. The summed E-state index contributed by atoms with van der Waals surface area (Å²) in [5, 5.41) is 0. The third-order valence-corrected chi connectivity index (χ3v) is 6.23. The molecular formula is C14H20N2O4S. The number of fused-ring (bicyclic) bond motifs is 1. The normalized spacial score (nSPS) is 26.5. The molecule has 3 rings (SSSR count). The van der Waals surface area contributed by atoms with Gasteiger partial charge < -0.3 is 15.2 Å². The average Bonchev–Trinajstić information content (AvgIpc) is 2.94. The maximum absolute atomic E-state index is 12.9. The van der Waals surface area contributed by atoms with Crippen molar-refractivity contribution in [1.82, 2.24) is 4.31 Å². The molecule has 1 aliphatic heterocycles. The van der Waals surface area contributed by atoms with Crippen molar-refractivity contribution in [2.24, 2.45) is 0 Å². The Morgan fingerprint density at radius 1 is 1.38 bits per heavy atom. The number of nitrogen functional groups attached to an aromatic ring is 1. The average molecular weight is 312 g/mol. The Labute approximate surface area is 124 Å². The van der Waals surface area contributed by atoms with Gasteiger partial charge in [-0.2, -0.15) is 4.31 Å². The molecule has 0 aromatic heterocycles. The minimum atomic E-state index is -3.60. The van der Waals surface area contributed by atoms with Gasteiger partial charge in [0.1, 0.15) is 10.6 Å². The van der Waals surface area contributed by atoms with Crippen LogP contribution in [0.3, 0.4) is 0 Å². The summed E-state index contributed by atoms with van der Waals surface area (Å²) in [6, 6.07) is 4.61. The summed E-state index contributed by atoms with van der Waals surface area (Å²) in [5.41, 5.74) is 6.13. The lowest BCUT2D eigenvalue weighted by Gasteiger charge is -2.36. The molecule has 1 aromatic carbocycles. The van der Waals surface area contributed by atoms with Crippen molar-refractivity contribution in [1.29, 1.82) is 0 Å². The van der Waals surface area contributed by atoms with E-state index in [9.17, 15) is 8.42 Å². The third-order valence-electron chi connectivity index (χ3n) is 4.23. The predicted molar refractivity (Wildman–Crippen MR) is 78.7 cm³/mol. The van der Waals surface area contributed by atoms with Crippen LogP contribution in [0, 0.1) is 0 Å². The molecule has 6 nitrogen and oxygen atoms in total. The Kier molecular flexibility index (Phi) is 3.81. The second kappa shape index (κ2) is 5.47. The van der Waals surface area contributed by atoms with Crippen LogP contribution in [0.25, 0.3) is 0 Å². The van der Waals surface area contributed by atoms with E-state index in [1.54, 1.807) is 16.4 Å². The number of ether oxygens (including phenoxy) is 2. The fourth-order valence-corrected chi connectivity index (χ4v) is 4.97. The second-order valence-electron chi connectivity index (χ2n) is 5.43. The molecule has 2 atom stereocenters. The van der Waals surface area contributed by atoms with Gasteiger partial charge in [0, 0.05) is 12.6 Å². The maximum atomic E-state index is 12.9. The van der Waals surface area contributed by atoms with Gasteiger partial charge in [0.25, 0.3) is 0 Å². The Balaban J connectivity index is 1.96. The van der Waals surface area contributed by atoms with E-state index in [1.807, 2.05) is 0 Å². The van der Waals surface area contributed by atoms with Gasteiger partial charge in [-0.25, -0.2) is 8.42 Å². The molecule has 116 valence electrons. The first-order chi connectivity index (χ1) is 10.0. The van der Waals surface area contributed by atoms with Crippen molar-refractivity contribution in [2.45, 2.75) is 36.3 Å². The first kappa shape index (κ1) is 14.6. The van der Waals surface area contributed by atoms with Crippen LogP contribution >= 0.6 is 0 Å². The molecule has 0 spiro atoms. The van der Waals surface area contributed by atoms with E-state index in [-0.39, 0.29) is 22.7 Å². The van der Waals surface area contributed by atoms with Gasteiger partial charge in [-0.1, -0.05) is 0 Å². The van der Waals surface area contributed by atoms with Crippen LogP contribution in [0.4, 0.5) is 5.69 Å². The van der Waals surface area contributed by atoms with E-state index >= 15 is 0 Å². The number of hydrogen-bond donors (Lipinski definition) is 1. The summed E-state index contributed by atoms with van der Waals surface area (Å²) < 4.78 is 38.1. The van der Waals surface area contributed by atoms with Crippen LogP contribution in [0.1, 0.15) is 19.3 Å². The molecule has 1 aromatic rings. The van der Waals surface area contributed by atoms with E-state index in [2.05, 4.69) is 0 Å². The zero-order valence-electron chi connectivity index (χ0n) is 12.0. The van der Waals surface area contributed by atoms with Crippen molar-refractivity contribution in [3.8, 4) is 5.75 Å². The van der Waals surface area contributed by atoms with Crippen LogP contribution in [-0.4, -0.2) is 45.1 Å². The first-order valence-electron chi connectivity index (χ1n) is 7.11. The molecule has 1 aliphatic carbocycles. The van der Waals surface area contributed by atoms with Crippen molar-refractivity contribution in [2.75, 3.05) is 26.0 Å². The second-order valence-corrected chi connectivity index (χ2v) is 7.29. The Bertz CT molecular complexity index is 632. The van der Waals surface area contributed by atoms with Gasteiger partial charge >= 0.3 is 0 Å². The van der Waals surface area contributed by atoms with Gasteiger partial charge in [-0.15, -0.1) is 0 Å². The van der Waals surface area contributed by atoms with E-state index in [1.165, 1.54) is 13.2 Å². The molecule has 1 saturated carbocycles. The Morgan fingerprint density at radius 3 is 2.90 bits per heavy atom. The van der Waals surface area contributed by atoms with Crippen LogP contribution in [0.15, 0.2) is 23.1 Å². The summed E-state index contributed by atoms with van der Waals surface area (Å²) in [6.45, 7) is 0.825. The molecule has 0 bridgehead atoms. The van der Waals surface area contributed by atoms with E-state index in [0.717, 1.165) is 19.3 Å². The van der Waals surface area contributed by atoms with E-state index < -0.39 is 10.0 Å². The van der Waals surface area contributed by atoms with Crippen LogP contribution in [-0.2, 0) is 14.8 Å². The molecule has 0 radical (unpaired) electrons. The van der Waals surface area contributed by atoms with Gasteiger partial charge in [0.2, 0.25) is 10.0 Å². The fourth-order valence-electron chi connectivity index (χ4n) is 3.20. The summed E-state index contributed by atoms with van der Waals surface area (Å²) in [4.78, 5) is 0.149. The molecule has 2 aliphatic rings. The van der Waals surface area contributed by atoms with Crippen molar-refractivity contribution in [3.05, 3.63) is 18.2 Å². The van der Waals surface area contributed by atoms with Crippen molar-refractivity contribution >= 4 is 15.7 Å². The van der Waals surface area contributed by atoms with E-state index in [4.69, 9.17) is 15.2 Å². The largest absolute Gasteiger partial charge is 0.497 e. The highest BCUT2D eigenvalue weighted by Crippen LogP contribution is 2.35. The molecule has 2 unspecified atom stereocenters. The zero-order valence-corrected chi connectivity index (χ0v) is 12.8. The molecule has 1 heterocycles. The minimum absolute atomic E-state index is 0.0213. The highest BCUT2D eigenvalue weighted by Gasteiger charge is 2.42. The van der Waals surface area contributed by atoms with Crippen LogP contribution in [0.2, 0.25) is 0 Å². The lowest BCUT2D eigenvalue weighted by atomic mass is 10.2. The molecule has 21 heavy (non-hydrogen) atoms. The van der Waals surface area contributed by atoms with E-state index in [0.29, 0.717) is 18.9 Å². The summed E-state index contributed by atoms with van der Waals surface area (Å²) >= 11 is 0. The van der Waals surface area contributed by atoms with Gasteiger partial charge in [-0.3, -0.25) is 0 Å². The number of morpholine rings is 1. The number of anilines is 1. The molecule has 0 amide bonds. The van der Waals surface area contributed by atoms with Gasteiger partial charge in [0.15, 0.2) is 0 Å². The lowest BCUT2D eigenvalue weighted by Crippen LogP contribution is -2.51. The molecular weight excluding hydrogens is 292 g/mol. The minimum Gasteiger partial charge on any atom is -0.497 e. The number of sulfonamides is 1. The molecule has 2 N–H and O–H groups in total. The Hall–Kier alpha value is -1.31. The molecule has 2 fully saturated rings. The van der Waals surface area contributed by atoms with Gasteiger partial charge in [0.05, 0.1) is 31.5 Å². The highest BCUT2D eigenvalue weighted by molar-refractivity contribution is 7.89. The smallest absolute Gasteiger partial charge is 0.245 e. The Morgan fingerprint density at radius 2 is 2.19 bits per heavy atom. The summed E-state index contributed by atoms with van der Waals surface area (Å²) in [5.74, 6) is 0.548. The lowest BCUT2D eigenvalue weighted by molar-refractivity contribution is -0.0241. The summed E-state index contributed by atoms with van der Waals surface area (Å²) in [6.07, 6.45) is 2.79. The third kappa shape index (κ3) is 2.49. The van der Waals surface area contributed by atoms with Crippen LogP contribution in [0.5, 0.6) is 5.75 Å². The predicted octanol–water partition coefficient (Wildman–Crippen LogP) is 1.22. The zero-order chi connectivity index (χ0) is 15.0. The number of benzene rings is 1. The highest BCUT2D eigenvalue weighted by atomic mass is 32.2. The number of nitrogens with zero attached hydrogens (tertiary/aromatic N) is 1. The quantitative estimate of drug-likeness (QED) is 0.849. The molecule has 7 heteroatoms. The SMILES string of the molecule is COc1ccc(S(=O)(=O)N2CCOC3CCCC32)c(N)c1. The topological polar surface area (TPSA) is 81.9 Å².